The van der Waals surface area contributed by atoms with Crippen molar-refractivity contribution in [3.05, 3.63) is 83.9 Å². The van der Waals surface area contributed by atoms with Gasteiger partial charge in [0.2, 0.25) is 0 Å². The number of benzene rings is 3. The first-order valence-corrected chi connectivity index (χ1v) is 10.3. The van der Waals surface area contributed by atoms with Crippen molar-refractivity contribution in [2.45, 2.75) is 11.8 Å². The lowest BCUT2D eigenvalue weighted by Crippen LogP contribution is -2.20. The summed E-state index contributed by atoms with van der Waals surface area (Å²) in [6.07, 6.45) is 0. The first-order chi connectivity index (χ1) is 14.2. The fourth-order valence-electron chi connectivity index (χ4n) is 2.59. The Morgan fingerprint density at radius 2 is 1.67 bits per heavy atom. The summed E-state index contributed by atoms with van der Waals surface area (Å²) in [5, 5.41) is 2.50. The van der Waals surface area contributed by atoms with E-state index in [2.05, 4.69) is 10.0 Å². The van der Waals surface area contributed by atoms with Gasteiger partial charge in [-0.05, 0) is 73.2 Å². The zero-order chi connectivity index (χ0) is 21.7. The van der Waals surface area contributed by atoms with E-state index < -0.39 is 27.6 Å². The first-order valence-electron chi connectivity index (χ1n) is 8.80. The zero-order valence-electron chi connectivity index (χ0n) is 15.9. The average molecular weight is 432 g/mol. The number of hydrogen-bond donors (Lipinski definition) is 2. The van der Waals surface area contributed by atoms with E-state index >= 15 is 0 Å². The highest BCUT2D eigenvalue weighted by atomic mass is 32.2. The number of hydrogen-bond acceptors (Lipinski definition) is 4. The molecule has 0 unspecified atom stereocenters. The molecule has 3 rings (SSSR count). The fourth-order valence-corrected chi connectivity index (χ4v) is 3.73. The van der Waals surface area contributed by atoms with Gasteiger partial charge in [-0.2, -0.15) is 0 Å². The molecule has 9 heteroatoms. The minimum Gasteiger partial charge on any atom is -0.483 e. The van der Waals surface area contributed by atoms with Crippen LogP contribution in [0.4, 0.5) is 20.2 Å². The van der Waals surface area contributed by atoms with Crippen molar-refractivity contribution in [2.75, 3.05) is 16.6 Å². The van der Waals surface area contributed by atoms with Gasteiger partial charge in [-0.25, -0.2) is 17.2 Å². The number of nitrogens with one attached hydrogen (secondary N) is 2. The van der Waals surface area contributed by atoms with Crippen LogP contribution in [0.15, 0.2) is 71.6 Å². The Balaban J connectivity index is 1.64. The van der Waals surface area contributed by atoms with E-state index in [0.29, 0.717) is 17.0 Å². The molecule has 0 aromatic heterocycles. The van der Waals surface area contributed by atoms with Crippen molar-refractivity contribution in [3.63, 3.8) is 0 Å². The van der Waals surface area contributed by atoms with Crippen LogP contribution in [0.1, 0.15) is 5.56 Å². The molecule has 0 bridgehead atoms. The normalized spacial score (nSPS) is 11.0. The molecule has 0 spiro atoms. The van der Waals surface area contributed by atoms with Crippen LogP contribution in [-0.2, 0) is 14.8 Å². The highest BCUT2D eigenvalue weighted by molar-refractivity contribution is 7.92. The SMILES string of the molecule is Cc1cc(S(=O)(=O)Nc2ccc(F)cc2)ccc1OCC(=O)Nc1cccc(F)c1. The fraction of sp³-hybridized carbons (Fsp3) is 0.0952. The second kappa shape index (κ2) is 8.91. The Kier molecular flexibility index (Phi) is 6.31. The molecule has 0 radical (unpaired) electrons. The molecular weight excluding hydrogens is 414 g/mol. The maximum Gasteiger partial charge on any atom is 0.262 e. The Morgan fingerprint density at radius 3 is 2.33 bits per heavy atom. The molecule has 6 nitrogen and oxygen atoms in total. The molecule has 0 saturated carbocycles. The first kappa shape index (κ1) is 21.3. The summed E-state index contributed by atoms with van der Waals surface area (Å²) in [4.78, 5) is 12.0. The summed E-state index contributed by atoms with van der Waals surface area (Å²) in [6, 6.07) is 14.5. The minimum absolute atomic E-state index is 0.0131. The Morgan fingerprint density at radius 1 is 0.933 bits per heavy atom. The molecule has 0 aliphatic rings. The standard InChI is InChI=1S/C21H18F2N2O4S/c1-14-11-19(30(27,28)25-17-7-5-15(22)6-8-17)9-10-20(14)29-13-21(26)24-18-4-2-3-16(23)12-18/h2-12,25H,13H2,1H3,(H,24,26). The van der Waals surface area contributed by atoms with Crippen LogP contribution in [0.5, 0.6) is 5.75 Å². The molecule has 156 valence electrons. The summed E-state index contributed by atoms with van der Waals surface area (Å²) in [5.41, 5.74) is 1.02. The van der Waals surface area contributed by atoms with Crippen molar-refractivity contribution >= 4 is 27.3 Å². The van der Waals surface area contributed by atoms with Gasteiger partial charge < -0.3 is 10.1 Å². The quantitative estimate of drug-likeness (QED) is 0.589. The number of anilines is 2. The summed E-state index contributed by atoms with van der Waals surface area (Å²) in [6.45, 7) is 1.30. The Hall–Kier alpha value is -3.46. The van der Waals surface area contributed by atoms with Crippen LogP contribution in [0.3, 0.4) is 0 Å². The van der Waals surface area contributed by atoms with Crippen molar-refractivity contribution in [3.8, 4) is 5.75 Å². The van der Waals surface area contributed by atoms with E-state index in [4.69, 9.17) is 4.74 Å². The molecule has 0 saturated heterocycles. The van der Waals surface area contributed by atoms with Crippen LogP contribution in [-0.4, -0.2) is 20.9 Å². The third-order valence-electron chi connectivity index (χ3n) is 4.02. The molecule has 0 atom stereocenters. The number of amides is 1. The zero-order valence-corrected chi connectivity index (χ0v) is 16.7. The lowest BCUT2D eigenvalue weighted by Gasteiger charge is -2.12. The van der Waals surface area contributed by atoms with E-state index in [1.54, 1.807) is 13.0 Å². The van der Waals surface area contributed by atoms with Crippen LogP contribution in [0.2, 0.25) is 0 Å². The largest absolute Gasteiger partial charge is 0.483 e. The smallest absolute Gasteiger partial charge is 0.262 e. The van der Waals surface area contributed by atoms with E-state index in [9.17, 15) is 22.0 Å². The molecule has 30 heavy (non-hydrogen) atoms. The summed E-state index contributed by atoms with van der Waals surface area (Å²) in [7, 11) is -3.88. The van der Waals surface area contributed by atoms with Gasteiger partial charge in [0.05, 0.1) is 4.90 Å². The Labute approximate surface area is 172 Å². The monoisotopic (exact) mass is 432 g/mol. The van der Waals surface area contributed by atoms with Crippen molar-refractivity contribution in [2.24, 2.45) is 0 Å². The predicted molar refractivity (Wildman–Crippen MR) is 109 cm³/mol. The molecule has 2 N–H and O–H groups in total. The molecule has 0 aliphatic carbocycles. The lowest BCUT2D eigenvalue weighted by molar-refractivity contribution is -0.118. The van der Waals surface area contributed by atoms with Crippen LogP contribution in [0.25, 0.3) is 0 Å². The highest BCUT2D eigenvalue weighted by Crippen LogP contribution is 2.24. The topological polar surface area (TPSA) is 84.5 Å². The molecular formula is C21H18F2N2O4S. The van der Waals surface area contributed by atoms with Gasteiger partial charge in [0, 0.05) is 11.4 Å². The number of halogens is 2. The van der Waals surface area contributed by atoms with E-state index in [0.717, 1.165) is 12.1 Å². The van der Waals surface area contributed by atoms with Crippen LogP contribution in [0, 0.1) is 18.6 Å². The summed E-state index contributed by atoms with van der Waals surface area (Å²) < 4.78 is 58.9. The van der Waals surface area contributed by atoms with Gasteiger partial charge in [-0.3, -0.25) is 9.52 Å². The molecule has 3 aromatic rings. The van der Waals surface area contributed by atoms with Crippen molar-refractivity contribution in [1.82, 2.24) is 0 Å². The van der Waals surface area contributed by atoms with Crippen molar-refractivity contribution in [1.29, 1.82) is 0 Å². The van der Waals surface area contributed by atoms with E-state index in [1.165, 1.54) is 48.5 Å². The van der Waals surface area contributed by atoms with Crippen molar-refractivity contribution < 1.29 is 26.7 Å². The maximum absolute atomic E-state index is 13.2. The summed E-state index contributed by atoms with van der Waals surface area (Å²) >= 11 is 0. The Bertz CT molecular complexity index is 1170. The van der Waals surface area contributed by atoms with Crippen LogP contribution >= 0.6 is 0 Å². The predicted octanol–water partition coefficient (Wildman–Crippen LogP) is 4.09. The second-order valence-electron chi connectivity index (χ2n) is 6.39. The number of sulfonamides is 1. The number of carbonyl (C=O) groups excluding carboxylic acids is 1. The third-order valence-corrected chi connectivity index (χ3v) is 5.40. The molecule has 0 heterocycles. The summed E-state index contributed by atoms with van der Waals surface area (Å²) in [5.74, 6) is -1.12. The van der Waals surface area contributed by atoms with Gasteiger partial charge in [0.15, 0.2) is 6.61 Å². The maximum atomic E-state index is 13.2. The lowest BCUT2D eigenvalue weighted by atomic mass is 10.2. The number of rotatable bonds is 7. The number of ether oxygens (including phenoxy) is 1. The second-order valence-corrected chi connectivity index (χ2v) is 8.07. The van der Waals surface area contributed by atoms with Gasteiger partial charge in [0.1, 0.15) is 17.4 Å². The minimum atomic E-state index is -3.88. The average Bonchev–Trinajstić information content (AvgIpc) is 2.68. The third kappa shape index (κ3) is 5.54. The van der Waals surface area contributed by atoms with Gasteiger partial charge >= 0.3 is 0 Å². The molecule has 0 aliphatic heterocycles. The van der Waals surface area contributed by atoms with Gasteiger partial charge in [-0.15, -0.1) is 0 Å². The van der Waals surface area contributed by atoms with E-state index in [-0.39, 0.29) is 17.2 Å². The number of carbonyl (C=O) groups is 1. The molecule has 0 fully saturated rings. The molecule has 3 aromatic carbocycles. The van der Waals surface area contributed by atoms with Gasteiger partial charge in [-0.1, -0.05) is 6.07 Å². The number of aryl methyl sites for hydroxylation is 1. The van der Waals surface area contributed by atoms with Crippen LogP contribution < -0.4 is 14.8 Å². The van der Waals surface area contributed by atoms with E-state index in [1.807, 2.05) is 0 Å². The highest BCUT2D eigenvalue weighted by Gasteiger charge is 2.16. The van der Waals surface area contributed by atoms with Gasteiger partial charge in [0.25, 0.3) is 15.9 Å². The molecule has 1 amide bonds.